The quantitative estimate of drug-likeness (QED) is 0.828. The van der Waals surface area contributed by atoms with Gasteiger partial charge in [-0.3, -0.25) is 4.79 Å². The molecule has 0 saturated carbocycles. The summed E-state index contributed by atoms with van der Waals surface area (Å²) in [6, 6.07) is 6.47. The van der Waals surface area contributed by atoms with Crippen molar-refractivity contribution in [2.24, 2.45) is 0 Å². The van der Waals surface area contributed by atoms with E-state index in [1.165, 1.54) is 6.07 Å². The molecule has 138 valence electrons. The number of hydrogen-bond donors (Lipinski definition) is 2. The zero-order chi connectivity index (χ0) is 18.7. The molecule has 0 spiro atoms. The molecular weight excluding hydrogens is 366 g/mol. The second-order valence-electron chi connectivity index (χ2n) is 5.80. The van der Waals surface area contributed by atoms with Crippen LogP contribution in [0.25, 0.3) is 0 Å². The zero-order valence-corrected chi connectivity index (χ0v) is 14.7. The Hall–Kier alpha value is -2.38. The minimum Gasteiger partial charge on any atom is -0.486 e. The Morgan fingerprint density at radius 2 is 1.85 bits per heavy atom. The van der Waals surface area contributed by atoms with E-state index in [4.69, 9.17) is 21.1 Å². The highest BCUT2D eigenvalue weighted by molar-refractivity contribution is 6.34. The lowest BCUT2D eigenvalue weighted by molar-refractivity contribution is -0.115. The average Bonchev–Trinajstić information content (AvgIpc) is 2.62. The molecule has 0 aliphatic carbocycles. The number of carbonyl (C=O) groups excluding carboxylic acids is 1. The molecule has 1 atom stereocenters. The summed E-state index contributed by atoms with van der Waals surface area (Å²) in [5.41, 5.74) is 0.942. The van der Waals surface area contributed by atoms with Crippen molar-refractivity contribution < 1.29 is 23.0 Å². The number of ether oxygens (including phenoxy) is 2. The number of benzene rings is 2. The number of hydrogen-bond acceptors (Lipinski definition) is 4. The fourth-order valence-electron chi connectivity index (χ4n) is 2.50. The van der Waals surface area contributed by atoms with Crippen molar-refractivity contribution in [3.8, 4) is 11.5 Å². The van der Waals surface area contributed by atoms with E-state index in [1.54, 1.807) is 19.1 Å². The fraction of sp³-hybridized carbons (Fsp3) is 0.278. The number of carbonyl (C=O) groups is 1. The van der Waals surface area contributed by atoms with Gasteiger partial charge in [0.2, 0.25) is 5.91 Å². The summed E-state index contributed by atoms with van der Waals surface area (Å²) in [7, 11) is 0. The largest absolute Gasteiger partial charge is 0.486 e. The van der Waals surface area contributed by atoms with Crippen LogP contribution < -0.4 is 20.1 Å². The van der Waals surface area contributed by atoms with Crippen LogP contribution in [0.1, 0.15) is 18.5 Å². The first-order chi connectivity index (χ1) is 12.4. The zero-order valence-electron chi connectivity index (χ0n) is 13.9. The minimum atomic E-state index is -0.927. The first-order valence-corrected chi connectivity index (χ1v) is 8.39. The van der Waals surface area contributed by atoms with Crippen molar-refractivity contribution in [1.82, 2.24) is 5.32 Å². The molecule has 1 amide bonds. The Bertz CT molecular complexity index is 832. The van der Waals surface area contributed by atoms with Crippen LogP contribution in [0.15, 0.2) is 30.3 Å². The number of anilines is 1. The summed E-state index contributed by atoms with van der Waals surface area (Å²) in [5, 5.41) is 5.96. The molecule has 3 rings (SSSR count). The lowest BCUT2D eigenvalue weighted by atomic mass is 10.1. The van der Waals surface area contributed by atoms with E-state index in [2.05, 4.69) is 10.6 Å². The number of halogens is 3. The Balaban J connectivity index is 1.59. The van der Waals surface area contributed by atoms with Crippen LogP contribution in [-0.2, 0) is 4.79 Å². The maximum atomic E-state index is 13.3. The van der Waals surface area contributed by atoms with Gasteiger partial charge in [-0.1, -0.05) is 17.7 Å². The highest BCUT2D eigenvalue weighted by atomic mass is 35.5. The molecule has 0 radical (unpaired) electrons. The Morgan fingerprint density at radius 3 is 2.54 bits per heavy atom. The van der Waals surface area contributed by atoms with Gasteiger partial charge in [0.05, 0.1) is 17.3 Å². The molecule has 5 nitrogen and oxygen atoms in total. The van der Waals surface area contributed by atoms with Crippen molar-refractivity contribution in [2.45, 2.75) is 13.0 Å². The molecule has 0 unspecified atom stereocenters. The van der Waals surface area contributed by atoms with Gasteiger partial charge in [0, 0.05) is 18.2 Å². The van der Waals surface area contributed by atoms with Gasteiger partial charge in [-0.25, -0.2) is 8.78 Å². The molecule has 0 bridgehead atoms. The van der Waals surface area contributed by atoms with Gasteiger partial charge in [-0.05, 0) is 24.6 Å². The second-order valence-corrected chi connectivity index (χ2v) is 6.21. The Kier molecular flexibility index (Phi) is 5.58. The van der Waals surface area contributed by atoms with E-state index in [-0.39, 0.29) is 18.5 Å². The summed E-state index contributed by atoms with van der Waals surface area (Å²) < 4.78 is 37.2. The number of nitrogens with one attached hydrogen (secondary N) is 2. The molecule has 0 saturated heterocycles. The number of amides is 1. The molecule has 1 aliphatic heterocycles. The Morgan fingerprint density at radius 1 is 1.15 bits per heavy atom. The molecule has 1 aliphatic rings. The van der Waals surface area contributed by atoms with Crippen LogP contribution in [0.4, 0.5) is 14.5 Å². The third-order valence-electron chi connectivity index (χ3n) is 3.92. The van der Waals surface area contributed by atoms with E-state index in [0.29, 0.717) is 41.0 Å². The van der Waals surface area contributed by atoms with E-state index < -0.39 is 11.6 Å². The molecule has 8 heteroatoms. The van der Waals surface area contributed by atoms with E-state index in [0.717, 1.165) is 12.1 Å². The third kappa shape index (κ3) is 4.23. The second kappa shape index (κ2) is 7.88. The summed E-state index contributed by atoms with van der Waals surface area (Å²) in [6.45, 7) is 2.58. The summed E-state index contributed by atoms with van der Waals surface area (Å²) >= 11 is 6.15. The summed E-state index contributed by atoms with van der Waals surface area (Å²) in [5.74, 6) is -1.13. The standard InChI is InChI=1S/C18H17ClF2N2O3/c1-10(11-2-3-13(20)14(21)6-11)22-9-18(24)23-15-8-17-16(7-12(15)19)25-4-5-26-17/h2-3,6-8,10,22H,4-5,9H2,1H3,(H,23,24)/t10-/m0/s1. The third-order valence-corrected chi connectivity index (χ3v) is 4.23. The predicted octanol–water partition coefficient (Wildman–Crippen LogP) is 3.68. The molecule has 0 fully saturated rings. The lowest BCUT2D eigenvalue weighted by Crippen LogP contribution is -2.30. The van der Waals surface area contributed by atoms with Crippen molar-refractivity contribution in [3.05, 3.63) is 52.6 Å². The average molecular weight is 383 g/mol. The van der Waals surface area contributed by atoms with E-state index in [1.807, 2.05) is 0 Å². The van der Waals surface area contributed by atoms with Crippen LogP contribution in [0.2, 0.25) is 5.02 Å². The molecule has 26 heavy (non-hydrogen) atoms. The molecule has 2 aromatic rings. The van der Waals surface area contributed by atoms with Gasteiger partial charge < -0.3 is 20.1 Å². The topological polar surface area (TPSA) is 59.6 Å². The lowest BCUT2D eigenvalue weighted by Gasteiger charge is -2.20. The maximum absolute atomic E-state index is 13.3. The molecule has 2 N–H and O–H groups in total. The molecule has 0 aromatic heterocycles. The molecular formula is C18H17ClF2N2O3. The highest BCUT2D eigenvalue weighted by Gasteiger charge is 2.17. The smallest absolute Gasteiger partial charge is 0.238 e. The van der Waals surface area contributed by atoms with Crippen LogP contribution in [0.3, 0.4) is 0 Å². The van der Waals surface area contributed by atoms with Gasteiger partial charge in [0.15, 0.2) is 23.1 Å². The number of fused-ring (bicyclic) bond motifs is 1. The molecule has 2 aromatic carbocycles. The van der Waals surface area contributed by atoms with Gasteiger partial charge in [0.1, 0.15) is 13.2 Å². The predicted molar refractivity (Wildman–Crippen MR) is 93.8 cm³/mol. The first kappa shape index (κ1) is 18.4. The van der Waals surface area contributed by atoms with Crippen molar-refractivity contribution in [2.75, 3.05) is 25.1 Å². The SMILES string of the molecule is C[C@H](NCC(=O)Nc1cc2c(cc1Cl)OCCO2)c1ccc(F)c(F)c1. The van der Waals surface area contributed by atoms with E-state index in [9.17, 15) is 13.6 Å². The molecule has 1 heterocycles. The van der Waals surface area contributed by atoms with Crippen LogP contribution >= 0.6 is 11.6 Å². The van der Waals surface area contributed by atoms with Crippen molar-refractivity contribution >= 4 is 23.2 Å². The monoisotopic (exact) mass is 382 g/mol. The van der Waals surface area contributed by atoms with Gasteiger partial charge in [-0.2, -0.15) is 0 Å². The normalized spacial score (nSPS) is 14.0. The maximum Gasteiger partial charge on any atom is 0.238 e. The summed E-state index contributed by atoms with van der Waals surface area (Å²) in [4.78, 5) is 12.2. The van der Waals surface area contributed by atoms with Gasteiger partial charge in [-0.15, -0.1) is 0 Å². The first-order valence-electron chi connectivity index (χ1n) is 8.01. The van der Waals surface area contributed by atoms with Crippen LogP contribution in [-0.4, -0.2) is 25.7 Å². The fourth-order valence-corrected chi connectivity index (χ4v) is 2.70. The Labute approximate surface area is 154 Å². The van der Waals surface area contributed by atoms with Crippen molar-refractivity contribution in [3.63, 3.8) is 0 Å². The highest BCUT2D eigenvalue weighted by Crippen LogP contribution is 2.37. The minimum absolute atomic E-state index is 0.0368. The van der Waals surface area contributed by atoms with Crippen molar-refractivity contribution in [1.29, 1.82) is 0 Å². The van der Waals surface area contributed by atoms with Gasteiger partial charge in [0.25, 0.3) is 0 Å². The summed E-state index contributed by atoms with van der Waals surface area (Å²) in [6.07, 6.45) is 0. The van der Waals surface area contributed by atoms with E-state index >= 15 is 0 Å². The number of rotatable bonds is 5. The van der Waals surface area contributed by atoms with Crippen LogP contribution in [0.5, 0.6) is 11.5 Å². The van der Waals surface area contributed by atoms with Crippen LogP contribution in [0, 0.1) is 11.6 Å². The van der Waals surface area contributed by atoms with Gasteiger partial charge >= 0.3 is 0 Å².